The molecule has 3 aromatic rings. The molecule has 2 aromatic heterocycles. The van der Waals surface area contributed by atoms with E-state index in [1.165, 1.54) is 0 Å². The summed E-state index contributed by atoms with van der Waals surface area (Å²) < 4.78 is 81.2. The van der Waals surface area contributed by atoms with Crippen LogP contribution in [0.5, 0.6) is 0 Å². The molecule has 0 aliphatic carbocycles. The second-order valence-corrected chi connectivity index (χ2v) is 4.97. The molecule has 4 nitrogen and oxygen atoms in total. The number of aromatic nitrogens is 2. The van der Waals surface area contributed by atoms with Gasteiger partial charge in [-0.2, -0.15) is 26.3 Å². The molecule has 0 unspecified atom stereocenters. The van der Waals surface area contributed by atoms with Crippen molar-refractivity contribution in [2.45, 2.75) is 18.8 Å². The highest BCUT2D eigenvalue weighted by atomic mass is 19.4. The fourth-order valence-electron chi connectivity index (χ4n) is 2.23. The van der Waals surface area contributed by atoms with E-state index in [2.05, 4.69) is 9.97 Å². The van der Waals surface area contributed by atoms with Crippen LogP contribution in [0, 0.1) is 0 Å². The van der Waals surface area contributed by atoms with Gasteiger partial charge >= 0.3 is 12.4 Å². The van der Waals surface area contributed by atoms with Crippen LogP contribution in [0.3, 0.4) is 0 Å². The molecule has 0 saturated carbocycles. The Morgan fingerprint density at radius 2 is 1.67 bits per heavy atom. The van der Waals surface area contributed by atoms with Gasteiger partial charge in [-0.3, -0.25) is 4.79 Å². The van der Waals surface area contributed by atoms with Crippen LogP contribution in [0.1, 0.15) is 11.3 Å². The van der Waals surface area contributed by atoms with Gasteiger partial charge in [0.2, 0.25) is 0 Å². The minimum absolute atomic E-state index is 0.0837. The highest BCUT2D eigenvalue weighted by Gasteiger charge is 2.34. The molecule has 0 saturated heterocycles. The van der Waals surface area contributed by atoms with Crippen LogP contribution in [0.25, 0.3) is 22.0 Å². The van der Waals surface area contributed by atoms with Crippen molar-refractivity contribution in [1.29, 1.82) is 0 Å². The highest BCUT2D eigenvalue weighted by Crippen LogP contribution is 2.34. The van der Waals surface area contributed by atoms with Gasteiger partial charge in [0.25, 0.3) is 5.56 Å². The number of rotatable bonds is 1. The molecule has 10 heteroatoms. The average Bonchev–Trinajstić information content (AvgIpc) is 2.41. The molecule has 0 amide bonds. The Labute approximate surface area is 128 Å². The third kappa shape index (κ3) is 3.17. The Morgan fingerprint density at radius 3 is 2.29 bits per heavy atom. The van der Waals surface area contributed by atoms with Crippen molar-refractivity contribution in [1.82, 2.24) is 9.97 Å². The highest BCUT2D eigenvalue weighted by molar-refractivity contribution is 5.93. The standard InChI is InChI=1S/C14H6F6N2O2/c15-13(16,17)4-6-5-24-11-3-9-7(1-10(11)21-6)8(14(18,19)20)2-12(23)22-9/h1-3,5H,4H2. The first-order chi connectivity index (χ1) is 11.0. The molecule has 3 rings (SSSR count). The van der Waals surface area contributed by atoms with Gasteiger partial charge < -0.3 is 4.42 Å². The third-order valence-corrected chi connectivity index (χ3v) is 3.14. The molecule has 0 atom stereocenters. The smallest absolute Gasteiger partial charge is 0.417 e. The van der Waals surface area contributed by atoms with E-state index in [0.29, 0.717) is 6.07 Å². The largest absolute Gasteiger partial charge is 0.461 e. The lowest BCUT2D eigenvalue weighted by molar-refractivity contribution is -0.136. The van der Waals surface area contributed by atoms with E-state index >= 15 is 0 Å². The summed E-state index contributed by atoms with van der Waals surface area (Å²) in [5.41, 5.74) is -3.36. The van der Waals surface area contributed by atoms with Crippen molar-refractivity contribution < 1.29 is 30.8 Å². The van der Waals surface area contributed by atoms with Crippen LogP contribution in [0.4, 0.5) is 26.3 Å². The molecule has 0 fully saturated rings. The van der Waals surface area contributed by atoms with Gasteiger partial charge in [0, 0.05) is 17.5 Å². The number of alkyl halides is 6. The Balaban J connectivity index is 2.27. The van der Waals surface area contributed by atoms with Crippen LogP contribution >= 0.6 is 0 Å². The predicted octanol–water partition coefficient (Wildman–Crippen LogP) is 3.86. The SMILES string of the molecule is O=c1cc(C(F)(F)F)c2cc3nc(CC(F)(F)F)coc3cc2n1. The summed E-state index contributed by atoms with van der Waals surface area (Å²) in [6.07, 6.45) is -9.99. The number of hydrogen-bond donors (Lipinski definition) is 0. The fourth-order valence-corrected chi connectivity index (χ4v) is 2.23. The van der Waals surface area contributed by atoms with Gasteiger partial charge in [0.1, 0.15) is 11.8 Å². The minimum atomic E-state index is -4.82. The van der Waals surface area contributed by atoms with Crippen molar-refractivity contribution in [2.75, 3.05) is 0 Å². The van der Waals surface area contributed by atoms with Crippen molar-refractivity contribution >= 4 is 22.0 Å². The van der Waals surface area contributed by atoms with Crippen molar-refractivity contribution in [3.63, 3.8) is 0 Å². The summed E-state index contributed by atoms with van der Waals surface area (Å²) in [5.74, 6) is 0. The average molecular weight is 348 g/mol. The van der Waals surface area contributed by atoms with E-state index in [-0.39, 0.29) is 16.6 Å². The van der Waals surface area contributed by atoms with E-state index in [1.807, 2.05) is 0 Å². The van der Waals surface area contributed by atoms with Crippen LogP contribution < -0.4 is 5.56 Å². The Kier molecular flexibility index (Phi) is 3.50. The third-order valence-electron chi connectivity index (χ3n) is 3.14. The van der Waals surface area contributed by atoms with Gasteiger partial charge in [-0.25, -0.2) is 9.97 Å². The maximum absolute atomic E-state index is 13.0. The summed E-state index contributed by atoms with van der Waals surface area (Å²) in [7, 11) is 0. The number of fused-ring (bicyclic) bond motifs is 2. The Hall–Kier alpha value is -2.65. The van der Waals surface area contributed by atoms with Crippen LogP contribution in [-0.2, 0) is 12.6 Å². The zero-order valence-corrected chi connectivity index (χ0v) is 11.5. The number of benzene rings is 1. The second-order valence-electron chi connectivity index (χ2n) is 4.97. The van der Waals surface area contributed by atoms with Crippen molar-refractivity contribution in [3.05, 3.63) is 46.1 Å². The van der Waals surface area contributed by atoms with E-state index in [0.717, 1.165) is 18.4 Å². The zero-order valence-electron chi connectivity index (χ0n) is 11.5. The molecule has 0 spiro atoms. The van der Waals surface area contributed by atoms with Gasteiger partial charge in [-0.05, 0) is 6.07 Å². The number of hydrogen-bond acceptors (Lipinski definition) is 4. The number of pyridine rings is 1. The summed E-state index contributed by atoms with van der Waals surface area (Å²) in [5, 5.41) is -0.443. The molecule has 1 aromatic carbocycles. The van der Waals surface area contributed by atoms with Gasteiger partial charge in [0.15, 0.2) is 5.58 Å². The molecule has 0 radical (unpaired) electrons. The number of halogens is 6. The van der Waals surface area contributed by atoms with Crippen molar-refractivity contribution in [3.8, 4) is 0 Å². The summed E-state index contributed by atoms with van der Waals surface area (Å²) in [4.78, 5) is 18.4. The topological polar surface area (TPSA) is 56.0 Å². The quantitative estimate of drug-likeness (QED) is 0.495. The Bertz CT molecular complexity index is 991. The zero-order chi connectivity index (χ0) is 17.7. The van der Waals surface area contributed by atoms with Gasteiger partial charge in [-0.1, -0.05) is 0 Å². The summed E-state index contributed by atoms with van der Waals surface area (Å²) >= 11 is 0. The first-order valence-electron chi connectivity index (χ1n) is 6.40. The van der Waals surface area contributed by atoms with E-state index < -0.39 is 41.0 Å². The summed E-state index contributed by atoms with van der Waals surface area (Å²) in [6, 6.07) is 2.26. The van der Waals surface area contributed by atoms with Crippen molar-refractivity contribution in [2.24, 2.45) is 0 Å². The first kappa shape index (κ1) is 16.2. The lowest BCUT2D eigenvalue weighted by atomic mass is 10.1. The lowest BCUT2D eigenvalue weighted by Crippen LogP contribution is -2.14. The van der Waals surface area contributed by atoms with Crippen LogP contribution in [0.2, 0.25) is 0 Å². The number of nitrogens with zero attached hydrogens (tertiary/aromatic N) is 2. The lowest BCUT2D eigenvalue weighted by Gasteiger charge is -2.10. The van der Waals surface area contributed by atoms with E-state index in [9.17, 15) is 31.1 Å². The summed E-state index contributed by atoms with van der Waals surface area (Å²) in [6.45, 7) is 0. The normalized spacial score (nSPS) is 12.9. The molecule has 0 N–H and O–H groups in total. The maximum Gasteiger partial charge on any atom is 0.417 e. The van der Waals surface area contributed by atoms with Gasteiger partial charge in [0.05, 0.1) is 23.2 Å². The predicted molar refractivity (Wildman–Crippen MR) is 70.3 cm³/mol. The van der Waals surface area contributed by atoms with Crippen LogP contribution in [0.15, 0.2) is 33.7 Å². The fraction of sp³-hybridized carbons (Fsp3) is 0.214. The second kappa shape index (κ2) is 5.18. The molecule has 0 bridgehead atoms. The van der Waals surface area contributed by atoms with E-state index in [1.54, 1.807) is 0 Å². The Morgan fingerprint density at radius 1 is 0.958 bits per heavy atom. The molecular formula is C14H6F6N2O2. The monoisotopic (exact) mass is 348 g/mol. The first-order valence-corrected chi connectivity index (χ1v) is 6.40. The van der Waals surface area contributed by atoms with Gasteiger partial charge in [-0.15, -0.1) is 0 Å². The maximum atomic E-state index is 13.0. The minimum Gasteiger partial charge on any atom is -0.461 e. The molecule has 0 aliphatic heterocycles. The molecule has 2 heterocycles. The molecule has 126 valence electrons. The van der Waals surface area contributed by atoms with E-state index in [4.69, 9.17) is 4.42 Å². The molecular weight excluding hydrogens is 342 g/mol. The molecule has 24 heavy (non-hydrogen) atoms. The molecule has 0 aliphatic rings. The van der Waals surface area contributed by atoms with Crippen LogP contribution in [-0.4, -0.2) is 16.1 Å².